The zero-order valence-corrected chi connectivity index (χ0v) is 19.2. The Kier molecular flexibility index (Phi) is 15.7. The summed E-state index contributed by atoms with van der Waals surface area (Å²) in [5, 5.41) is 0.638. The lowest BCUT2D eigenvalue weighted by molar-refractivity contribution is 0.396. The normalized spacial score (nSPS) is 14.0. The minimum Gasteiger partial charge on any atom is -0.0909 e. The van der Waals surface area contributed by atoms with E-state index in [2.05, 4.69) is 27.7 Å². The van der Waals surface area contributed by atoms with Crippen molar-refractivity contribution in [2.24, 2.45) is 5.92 Å². The topological polar surface area (TPSA) is 0 Å². The van der Waals surface area contributed by atoms with Crippen LogP contribution in [0.5, 0.6) is 0 Å². The first-order valence-electron chi connectivity index (χ1n) is 9.21. The van der Waals surface area contributed by atoms with E-state index in [1.165, 1.54) is 64.2 Å². The third kappa shape index (κ3) is 13.4. The number of halogens is 3. The zero-order chi connectivity index (χ0) is 17.7. The molecule has 0 nitrogen and oxygen atoms in total. The van der Waals surface area contributed by atoms with Gasteiger partial charge in [0, 0.05) is 5.25 Å². The molecule has 1 unspecified atom stereocenters. The second-order valence-corrected chi connectivity index (χ2v) is 12.0. The predicted molar refractivity (Wildman–Crippen MR) is 115 cm³/mol. The smallest absolute Gasteiger partial charge is 0.0909 e. The van der Waals surface area contributed by atoms with Crippen molar-refractivity contribution in [3.8, 4) is 0 Å². The Hall–Kier alpha value is 1.57. The Balaban J connectivity index is 4.68. The molecule has 0 bridgehead atoms. The van der Waals surface area contributed by atoms with Gasteiger partial charge in [0.15, 0.2) is 0 Å². The van der Waals surface area contributed by atoms with Crippen molar-refractivity contribution >= 4 is 56.4 Å². The molecule has 23 heavy (non-hydrogen) atoms. The van der Waals surface area contributed by atoms with Crippen LogP contribution in [-0.4, -0.2) is 14.3 Å². The molecule has 0 aromatic rings. The van der Waals surface area contributed by atoms with Crippen molar-refractivity contribution in [1.29, 1.82) is 0 Å². The lowest BCUT2D eigenvalue weighted by Gasteiger charge is -2.32. The molecule has 0 heterocycles. The van der Waals surface area contributed by atoms with Gasteiger partial charge in [0.05, 0.1) is 5.25 Å². The van der Waals surface area contributed by atoms with Crippen LogP contribution < -0.4 is 0 Å². The standard InChI is InChI=1S/C18H35Cl3S2/c1-5-7-9-11-13-16(14-12-10-8-6-2)17(18(19,20)21)23-22-15(3)4/h15-17H,5-14H2,1-4H3. The SMILES string of the molecule is CCCCCCC(CCCCCC)C(SSC(C)C)C(Cl)(Cl)Cl. The molecule has 140 valence electrons. The van der Waals surface area contributed by atoms with E-state index in [4.69, 9.17) is 34.8 Å². The van der Waals surface area contributed by atoms with Crippen LogP contribution in [0.25, 0.3) is 0 Å². The van der Waals surface area contributed by atoms with Gasteiger partial charge in [-0.3, -0.25) is 0 Å². The summed E-state index contributed by atoms with van der Waals surface area (Å²) < 4.78 is -1.17. The molecule has 0 aromatic carbocycles. The van der Waals surface area contributed by atoms with E-state index in [1.54, 1.807) is 10.8 Å². The first kappa shape index (κ1) is 24.6. The van der Waals surface area contributed by atoms with Gasteiger partial charge in [0.25, 0.3) is 0 Å². The fourth-order valence-corrected chi connectivity index (χ4v) is 6.91. The number of rotatable bonds is 14. The maximum absolute atomic E-state index is 6.35. The molecule has 1 atom stereocenters. The number of hydrogen-bond donors (Lipinski definition) is 0. The van der Waals surface area contributed by atoms with Crippen LogP contribution in [0.3, 0.4) is 0 Å². The summed E-state index contributed by atoms with van der Waals surface area (Å²) in [4.78, 5) is 0. The summed E-state index contributed by atoms with van der Waals surface area (Å²) in [7, 11) is 3.64. The predicted octanol–water partition coefficient (Wildman–Crippen LogP) is 9.07. The molecule has 0 aliphatic rings. The van der Waals surface area contributed by atoms with E-state index in [1.807, 2.05) is 10.8 Å². The van der Waals surface area contributed by atoms with Crippen molar-refractivity contribution in [2.75, 3.05) is 0 Å². The number of alkyl halides is 3. The minimum absolute atomic E-state index is 0.0863. The first-order valence-corrected chi connectivity index (χ1v) is 12.6. The second-order valence-electron chi connectivity index (χ2n) is 6.66. The van der Waals surface area contributed by atoms with Crippen LogP contribution in [0.1, 0.15) is 91.9 Å². The molecule has 0 aliphatic heterocycles. The Morgan fingerprint density at radius 2 is 1.22 bits per heavy atom. The maximum atomic E-state index is 6.35. The third-order valence-electron chi connectivity index (χ3n) is 3.96. The lowest BCUT2D eigenvalue weighted by Crippen LogP contribution is -2.30. The van der Waals surface area contributed by atoms with Gasteiger partial charge in [-0.25, -0.2) is 0 Å². The largest absolute Gasteiger partial charge is 0.203 e. The fourth-order valence-electron chi connectivity index (χ4n) is 2.69. The van der Waals surface area contributed by atoms with Crippen LogP contribution in [0.15, 0.2) is 0 Å². The Morgan fingerprint density at radius 1 is 0.739 bits per heavy atom. The maximum Gasteiger partial charge on any atom is 0.203 e. The van der Waals surface area contributed by atoms with Gasteiger partial charge in [-0.1, -0.05) is 135 Å². The van der Waals surface area contributed by atoms with Gasteiger partial charge in [0.1, 0.15) is 0 Å². The average Bonchev–Trinajstić information content (AvgIpc) is 2.45. The summed E-state index contributed by atoms with van der Waals surface area (Å²) in [6, 6.07) is 0. The van der Waals surface area contributed by atoms with Gasteiger partial charge in [-0.2, -0.15) is 0 Å². The van der Waals surface area contributed by atoms with E-state index < -0.39 is 3.79 Å². The Morgan fingerprint density at radius 3 is 1.57 bits per heavy atom. The number of hydrogen-bond acceptors (Lipinski definition) is 2. The minimum atomic E-state index is -1.17. The monoisotopic (exact) mass is 420 g/mol. The highest BCUT2D eigenvalue weighted by Gasteiger charge is 2.39. The second kappa shape index (κ2) is 14.7. The fraction of sp³-hybridized carbons (Fsp3) is 1.00. The highest BCUT2D eigenvalue weighted by Crippen LogP contribution is 2.49. The Labute approximate surface area is 167 Å². The van der Waals surface area contributed by atoms with Crippen LogP contribution >= 0.6 is 56.4 Å². The average molecular weight is 422 g/mol. The van der Waals surface area contributed by atoms with E-state index in [9.17, 15) is 0 Å². The van der Waals surface area contributed by atoms with Crippen molar-refractivity contribution in [3.05, 3.63) is 0 Å². The molecule has 0 aromatic heterocycles. The molecule has 0 saturated heterocycles. The molecular weight excluding hydrogens is 387 g/mol. The lowest BCUT2D eigenvalue weighted by atomic mass is 9.92. The van der Waals surface area contributed by atoms with Crippen molar-refractivity contribution in [2.45, 2.75) is 106 Å². The van der Waals surface area contributed by atoms with Gasteiger partial charge < -0.3 is 0 Å². The van der Waals surface area contributed by atoms with Gasteiger partial charge in [-0.15, -0.1) is 0 Å². The summed E-state index contributed by atoms with van der Waals surface area (Å²) in [5.41, 5.74) is 0. The summed E-state index contributed by atoms with van der Waals surface area (Å²) in [5.74, 6) is 0.507. The van der Waals surface area contributed by atoms with E-state index in [-0.39, 0.29) is 5.25 Å². The van der Waals surface area contributed by atoms with Gasteiger partial charge in [0.2, 0.25) is 3.79 Å². The molecule has 5 heteroatoms. The zero-order valence-electron chi connectivity index (χ0n) is 15.3. The first-order chi connectivity index (χ1) is 10.8. The van der Waals surface area contributed by atoms with Crippen LogP contribution in [0.4, 0.5) is 0 Å². The highest BCUT2D eigenvalue weighted by atomic mass is 35.6. The highest BCUT2D eigenvalue weighted by molar-refractivity contribution is 8.77. The van der Waals surface area contributed by atoms with E-state index in [0.717, 1.165) is 0 Å². The van der Waals surface area contributed by atoms with Crippen LogP contribution in [-0.2, 0) is 0 Å². The molecular formula is C18H35Cl3S2. The Bertz CT molecular complexity index is 255. The molecule has 0 saturated carbocycles. The molecule has 0 fully saturated rings. The molecule has 0 amide bonds. The molecule has 0 aliphatic carbocycles. The molecule has 0 rings (SSSR count). The van der Waals surface area contributed by atoms with Crippen molar-refractivity contribution in [1.82, 2.24) is 0 Å². The van der Waals surface area contributed by atoms with Crippen LogP contribution in [0, 0.1) is 5.92 Å². The third-order valence-corrected chi connectivity index (χ3v) is 8.60. The van der Waals surface area contributed by atoms with E-state index in [0.29, 0.717) is 11.2 Å². The van der Waals surface area contributed by atoms with E-state index >= 15 is 0 Å². The summed E-state index contributed by atoms with van der Waals surface area (Å²) in [6.45, 7) is 8.90. The van der Waals surface area contributed by atoms with Crippen molar-refractivity contribution in [3.63, 3.8) is 0 Å². The molecule has 0 radical (unpaired) electrons. The van der Waals surface area contributed by atoms with Crippen LogP contribution in [0.2, 0.25) is 0 Å². The van der Waals surface area contributed by atoms with Crippen molar-refractivity contribution < 1.29 is 0 Å². The van der Waals surface area contributed by atoms with Gasteiger partial charge in [-0.05, 0) is 18.8 Å². The number of unbranched alkanes of at least 4 members (excludes halogenated alkanes) is 6. The molecule has 0 spiro atoms. The molecule has 0 N–H and O–H groups in total. The summed E-state index contributed by atoms with van der Waals surface area (Å²) >= 11 is 19.1. The quantitative estimate of drug-likeness (QED) is 0.156. The summed E-state index contributed by atoms with van der Waals surface area (Å²) in [6.07, 6.45) is 12.7. The van der Waals surface area contributed by atoms with Gasteiger partial charge >= 0.3 is 0 Å².